The van der Waals surface area contributed by atoms with Gasteiger partial charge in [-0.2, -0.15) is 0 Å². The molecule has 6 nitrogen and oxygen atoms in total. The van der Waals surface area contributed by atoms with E-state index in [1.54, 1.807) is 40.1 Å². The van der Waals surface area contributed by atoms with Crippen LogP contribution in [0.3, 0.4) is 0 Å². The van der Waals surface area contributed by atoms with E-state index in [9.17, 15) is 9.59 Å². The van der Waals surface area contributed by atoms with Crippen molar-refractivity contribution in [2.45, 2.75) is 19.9 Å². The topological polar surface area (TPSA) is 67.9 Å². The lowest BCUT2D eigenvalue weighted by Crippen LogP contribution is -2.46. The van der Waals surface area contributed by atoms with Gasteiger partial charge < -0.3 is 19.7 Å². The molecule has 0 aromatic heterocycles. The minimum Gasteiger partial charge on any atom is -0.497 e. The number of carbonyl (C=O) groups excluding carboxylic acids is 2. The van der Waals surface area contributed by atoms with Gasteiger partial charge in [0.2, 0.25) is 0 Å². The number of nitrogens with one attached hydrogen (secondary N) is 1. The number of likely N-dealkylation sites (N-methyl/N-ethyl adjacent to an activating group) is 1. The van der Waals surface area contributed by atoms with Crippen molar-refractivity contribution in [1.82, 2.24) is 10.2 Å². The number of hydrogen-bond acceptors (Lipinski definition) is 5. The van der Waals surface area contributed by atoms with Crippen LogP contribution < -0.4 is 10.1 Å². The van der Waals surface area contributed by atoms with Crippen molar-refractivity contribution < 1.29 is 19.1 Å². The summed E-state index contributed by atoms with van der Waals surface area (Å²) in [6.07, 6.45) is 0. The zero-order chi connectivity index (χ0) is 16.3. The van der Waals surface area contributed by atoms with Gasteiger partial charge in [-0.3, -0.25) is 4.79 Å². The lowest BCUT2D eigenvalue weighted by atomic mass is 10.0. The van der Waals surface area contributed by atoms with Crippen LogP contribution in [0.15, 0.2) is 35.7 Å². The van der Waals surface area contributed by atoms with E-state index in [0.29, 0.717) is 5.70 Å². The molecule has 2 rings (SSSR count). The Bertz CT molecular complexity index is 607. The molecule has 0 radical (unpaired) electrons. The number of benzene rings is 1. The van der Waals surface area contributed by atoms with E-state index in [-0.39, 0.29) is 18.2 Å². The summed E-state index contributed by atoms with van der Waals surface area (Å²) in [5, 5.41) is 3.09. The molecule has 1 N–H and O–H groups in total. The van der Waals surface area contributed by atoms with Crippen LogP contribution in [0, 0.1) is 0 Å². The van der Waals surface area contributed by atoms with Crippen molar-refractivity contribution in [2.24, 2.45) is 0 Å². The highest BCUT2D eigenvalue weighted by Gasteiger charge is 2.35. The summed E-state index contributed by atoms with van der Waals surface area (Å²) in [6.45, 7) is 3.75. The van der Waals surface area contributed by atoms with E-state index in [2.05, 4.69) is 5.32 Å². The highest BCUT2D eigenvalue weighted by molar-refractivity contribution is 5.97. The molecule has 0 spiro atoms. The second-order valence-corrected chi connectivity index (χ2v) is 4.94. The highest BCUT2D eigenvalue weighted by Crippen LogP contribution is 2.26. The lowest BCUT2D eigenvalue weighted by Gasteiger charge is -2.33. The van der Waals surface area contributed by atoms with Crippen LogP contribution in [-0.4, -0.2) is 37.5 Å². The third kappa shape index (κ3) is 2.90. The summed E-state index contributed by atoms with van der Waals surface area (Å²) in [5.41, 5.74) is 1.66. The molecule has 0 aliphatic carbocycles. The van der Waals surface area contributed by atoms with Gasteiger partial charge in [0, 0.05) is 12.7 Å². The molecule has 0 saturated carbocycles. The fraction of sp³-hybridized carbons (Fsp3) is 0.375. The molecule has 22 heavy (non-hydrogen) atoms. The summed E-state index contributed by atoms with van der Waals surface area (Å²) in [7, 11) is 3.17. The summed E-state index contributed by atoms with van der Waals surface area (Å²) in [5.74, 6) is 0.00944. The van der Waals surface area contributed by atoms with Crippen LogP contribution in [-0.2, 0) is 14.3 Å². The Balaban J connectivity index is 2.30. The minimum absolute atomic E-state index is 0.209. The Morgan fingerprint density at radius 3 is 2.50 bits per heavy atom. The van der Waals surface area contributed by atoms with Crippen LogP contribution in [0.25, 0.3) is 0 Å². The number of nitrogens with zero attached hydrogens (tertiary/aromatic N) is 1. The molecule has 0 fully saturated rings. The Morgan fingerprint density at radius 1 is 1.32 bits per heavy atom. The summed E-state index contributed by atoms with van der Waals surface area (Å²) < 4.78 is 10.1. The predicted molar refractivity (Wildman–Crippen MR) is 81.0 cm³/mol. The van der Waals surface area contributed by atoms with Crippen molar-refractivity contribution in [3.05, 3.63) is 41.2 Å². The number of esters is 1. The van der Waals surface area contributed by atoms with Gasteiger partial charge in [-0.1, -0.05) is 12.1 Å². The standard InChI is InChI=1S/C16H20N2O4/c1-5-22-16(20)14-10(2)17-13(15(19)18(14)3)11-6-8-12(21-4)9-7-11/h6-9,13,17H,5H2,1-4H3. The van der Waals surface area contributed by atoms with Crippen molar-refractivity contribution in [3.63, 3.8) is 0 Å². The molecule has 1 aromatic rings. The third-order valence-electron chi connectivity index (χ3n) is 3.55. The van der Waals surface area contributed by atoms with Gasteiger partial charge in [0.05, 0.1) is 13.7 Å². The smallest absolute Gasteiger partial charge is 0.356 e. The molecule has 1 aliphatic heterocycles. The summed E-state index contributed by atoms with van der Waals surface area (Å²) in [4.78, 5) is 25.8. The Morgan fingerprint density at radius 2 is 1.95 bits per heavy atom. The number of hydrogen-bond donors (Lipinski definition) is 1. The first kappa shape index (κ1) is 15.9. The average molecular weight is 304 g/mol. The Labute approximate surface area is 129 Å². The molecule has 1 unspecified atom stereocenters. The van der Waals surface area contributed by atoms with Gasteiger partial charge in [-0.05, 0) is 31.5 Å². The van der Waals surface area contributed by atoms with Crippen molar-refractivity contribution in [2.75, 3.05) is 20.8 Å². The van der Waals surface area contributed by atoms with Crippen LogP contribution in [0.1, 0.15) is 25.5 Å². The minimum atomic E-state index is -0.533. The molecule has 1 amide bonds. The first-order valence-corrected chi connectivity index (χ1v) is 7.05. The van der Waals surface area contributed by atoms with Gasteiger partial charge in [-0.15, -0.1) is 0 Å². The second kappa shape index (κ2) is 6.51. The van der Waals surface area contributed by atoms with Gasteiger partial charge in [0.1, 0.15) is 17.5 Å². The van der Waals surface area contributed by atoms with E-state index in [0.717, 1.165) is 11.3 Å². The van der Waals surface area contributed by atoms with Gasteiger partial charge in [-0.25, -0.2) is 4.79 Å². The Hall–Kier alpha value is -2.50. The SMILES string of the molecule is CCOC(=O)C1=C(C)NC(c2ccc(OC)cc2)C(=O)N1C. The number of ether oxygens (including phenoxy) is 2. The van der Waals surface area contributed by atoms with E-state index < -0.39 is 12.0 Å². The van der Waals surface area contributed by atoms with Gasteiger partial charge in [0.15, 0.2) is 0 Å². The number of amides is 1. The molecular formula is C16H20N2O4. The normalized spacial score (nSPS) is 18.1. The van der Waals surface area contributed by atoms with Crippen molar-refractivity contribution in [3.8, 4) is 5.75 Å². The number of carbonyl (C=O) groups is 2. The Kier molecular flexibility index (Phi) is 4.70. The van der Waals surface area contributed by atoms with Crippen LogP contribution in [0.4, 0.5) is 0 Å². The average Bonchev–Trinajstić information content (AvgIpc) is 2.51. The fourth-order valence-electron chi connectivity index (χ4n) is 2.41. The fourth-order valence-corrected chi connectivity index (χ4v) is 2.41. The number of rotatable bonds is 4. The monoisotopic (exact) mass is 304 g/mol. The molecule has 0 bridgehead atoms. The van der Waals surface area contributed by atoms with E-state index in [4.69, 9.17) is 9.47 Å². The van der Waals surface area contributed by atoms with E-state index in [1.165, 1.54) is 4.90 Å². The van der Waals surface area contributed by atoms with Crippen molar-refractivity contribution >= 4 is 11.9 Å². The van der Waals surface area contributed by atoms with Crippen LogP contribution in [0.2, 0.25) is 0 Å². The molecule has 1 heterocycles. The molecule has 6 heteroatoms. The largest absolute Gasteiger partial charge is 0.497 e. The quantitative estimate of drug-likeness (QED) is 0.856. The molecule has 118 valence electrons. The molecule has 0 saturated heterocycles. The molecule has 1 atom stereocenters. The third-order valence-corrected chi connectivity index (χ3v) is 3.55. The first-order chi connectivity index (χ1) is 10.5. The van der Waals surface area contributed by atoms with Crippen LogP contribution in [0.5, 0.6) is 5.75 Å². The molecular weight excluding hydrogens is 284 g/mol. The predicted octanol–water partition coefficient (Wildman–Crippen LogP) is 1.59. The molecule has 1 aliphatic rings. The van der Waals surface area contributed by atoms with E-state index in [1.807, 2.05) is 12.1 Å². The maximum atomic E-state index is 12.5. The zero-order valence-electron chi connectivity index (χ0n) is 13.2. The second-order valence-electron chi connectivity index (χ2n) is 4.94. The number of methoxy groups -OCH3 is 1. The maximum absolute atomic E-state index is 12.5. The van der Waals surface area contributed by atoms with Crippen molar-refractivity contribution in [1.29, 1.82) is 0 Å². The number of allylic oxidation sites excluding steroid dienone is 1. The summed E-state index contributed by atoms with van der Waals surface area (Å²) in [6, 6.07) is 6.71. The van der Waals surface area contributed by atoms with E-state index >= 15 is 0 Å². The highest BCUT2D eigenvalue weighted by atomic mass is 16.5. The summed E-state index contributed by atoms with van der Waals surface area (Å²) >= 11 is 0. The van der Waals surface area contributed by atoms with Gasteiger partial charge in [0.25, 0.3) is 5.91 Å². The maximum Gasteiger partial charge on any atom is 0.356 e. The van der Waals surface area contributed by atoms with Crippen LogP contribution >= 0.6 is 0 Å². The molecule has 1 aromatic carbocycles. The lowest BCUT2D eigenvalue weighted by molar-refractivity contribution is -0.145. The van der Waals surface area contributed by atoms with Gasteiger partial charge >= 0.3 is 5.97 Å². The zero-order valence-corrected chi connectivity index (χ0v) is 13.2. The first-order valence-electron chi connectivity index (χ1n) is 7.05.